The Hall–Kier alpha value is -1.13. The summed E-state index contributed by atoms with van der Waals surface area (Å²) in [5.74, 6) is -0.999. The summed E-state index contributed by atoms with van der Waals surface area (Å²) in [5, 5.41) is 3.55. The Balaban J connectivity index is 0.00000133. The third-order valence-electron chi connectivity index (χ3n) is 3.84. The van der Waals surface area contributed by atoms with Gasteiger partial charge in [0, 0.05) is 5.56 Å². The van der Waals surface area contributed by atoms with Crippen molar-refractivity contribution >= 4 is 23.4 Å². The van der Waals surface area contributed by atoms with Gasteiger partial charge in [-0.25, -0.2) is 8.78 Å². The molecule has 2 aromatic rings. The Morgan fingerprint density at radius 1 is 1.37 bits per heavy atom. The fourth-order valence-electron chi connectivity index (χ4n) is 2.85. The van der Waals surface area contributed by atoms with Gasteiger partial charge in [0.25, 0.3) is 0 Å². The van der Waals surface area contributed by atoms with Gasteiger partial charge in [0.15, 0.2) is 11.6 Å². The summed E-state index contributed by atoms with van der Waals surface area (Å²) < 4.78 is 32.6. The number of nitrogens with one attached hydrogen (secondary N) is 1. The largest absolute Gasteiger partial charge is 0.464 e. The van der Waals surface area contributed by atoms with Crippen molar-refractivity contribution in [3.8, 4) is 0 Å². The van der Waals surface area contributed by atoms with E-state index in [2.05, 4.69) is 12.2 Å². The maximum absolute atomic E-state index is 13.6. The van der Waals surface area contributed by atoms with Crippen LogP contribution in [-0.4, -0.2) is 13.1 Å². The Kier molecular flexibility index (Phi) is 4.11. The number of hydrogen-bond donors (Lipinski definition) is 1. The Labute approximate surface area is 116 Å². The second-order valence-electron chi connectivity index (χ2n) is 5.00. The van der Waals surface area contributed by atoms with Crippen LogP contribution in [0, 0.1) is 17.6 Å². The van der Waals surface area contributed by atoms with E-state index >= 15 is 0 Å². The van der Waals surface area contributed by atoms with Gasteiger partial charge in [-0.3, -0.25) is 0 Å². The number of benzene rings is 1. The van der Waals surface area contributed by atoms with E-state index in [9.17, 15) is 8.78 Å². The molecule has 0 aliphatic carbocycles. The smallest absolute Gasteiger partial charge is 0.169 e. The van der Waals surface area contributed by atoms with Crippen LogP contribution >= 0.6 is 12.4 Å². The molecule has 19 heavy (non-hydrogen) atoms. The molecule has 5 heteroatoms. The Morgan fingerprint density at radius 2 is 2.16 bits per heavy atom. The van der Waals surface area contributed by atoms with Crippen molar-refractivity contribution in [1.29, 1.82) is 0 Å². The fraction of sp³-hybridized carbons (Fsp3) is 0.429. The van der Waals surface area contributed by atoms with Crippen LogP contribution in [0.25, 0.3) is 11.0 Å². The van der Waals surface area contributed by atoms with E-state index in [1.807, 2.05) is 0 Å². The van der Waals surface area contributed by atoms with Crippen molar-refractivity contribution in [1.82, 2.24) is 5.32 Å². The molecule has 1 saturated heterocycles. The number of furan rings is 1. The number of piperidine rings is 1. The predicted molar refractivity (Wildman–Crippen MR) is 72.8 cm³/mol. The zero-order chi connectivity index (χ0) is 12.7. The first-order valence-electron chi connectivity index (χ1n) is 6.24. The van der Waals surface area contributed by atoms with Crippen LogP contribution in [0.4, 0.5) is 8.78 Å². The molecule has 1 aliphatic heterocycles. The van der Waals surface area contributed by atoms with E-state index < -0.39 is 11.6 Å². The Morgan fingerprint density at radius 3 is 2.89 bits per heavy atom. The fourth-order valence-corrected chi connectivity index (χ4v) is 2.85. The highest BCUT2D eigenvalue weighted by atomic mass is 35.5. The van der Waals surface area contributed by atoms with Gasteiger partial charge >= 0.3 is 0 Å². The molecule has 2 nitrogen and oxygen atoms in total. The van der Waals surface area contributed by atoms with Gasteiger partial charge in [-0.2, -0.15) is 0 Å². The quantitative estimate of drug-likeness (QED) is 0.862. The second-order valence-corrected chi connectivity index (χ2v) is 5.00. The van der Waals surface area contributed by atoms with Crippen LogP contribution in [0.3, 0.4) is 0 Å². The number of hydrogen-bond acceptors (Lipinski definition) is 2. The molecule has 0 radical (unpaired) electrons. The zero-order valence-corrected chi connectivity index (χ0v) is 11.4. The first kappa shape index (κ1) is 14.3. The lowest BCUT2D eigenvalue weighted by Crippen LogP contribution is -2.33. The topological polar surface area (TPSA) is 25.2 Å². The van der Waals surface area contributed by atoms with Crippen molar-refractivity contribution in [2.75, 3.05) is 13.1 Å². The summed E-state index contributed by atoms with van der Waals surface area (Å²) in [5.41, 5.74) is 1.29. The van der Waals surface area contributed by atoms with Crippen LogP contribution in [0.5, 0.6) is 0 Å². The summed E-state index contributed by atoms with van der Waals surface area (Å²) in [6.45, 7) is 3.91. The van der Waals surface area contributed by atoms with Crippen molar-refractivity contribution in [2.45, 2.75) is 19.3 Å². The SMILES string of the molecule is C[C@H]1CNCC[C@@H]1c1cc(F)c(F)c2ccoc12.Cl. The van der Waals surface area contributed by atoms with Crippen LogP contribution in [0.2, 0.25) is 0 Å². The van der Waals surface area contributed by atoms with Gasteiger partial charge in [0.1, 0.15) is 5.58 Å². The minimum Gasteiger partial charge on any atom is -0.464 e. The molecule has 0 spiro atoms. The van der Waals surface area contributed by atoms with Crippen LogP contribution in [0.15, 0.2) is 22.8 Å². The first-order chi connectivity index (χ1) is 8.68. The van der Waals surface area contributed by atoms with E-state index in [-0.39, 0.29) is 23.7 Å². The van der Waals surface area contributed by atoms with Gasteiger partial charge < -0.3 is 9.73 Å². The summed E-state index contributed by atoms with van der Waals surface area (Å²) in [4.78, 5) is 0. The summed E-state index contributed by atoms with van der Waals surface area (Å²) in [6, 6.07) is 2.79. The van der Waals surface area contributed by atoms with Gasteiger partial charge in [-0.15, -0.1) is 12.4 Å². The highest BCUT2D eigenvalue weighted by molar-refractivity contribution is 5.85. The number of halogens is 3. The zero-order valence-electron chi connectivity index (χ0n) is 10.6. The molecule has 0 unspecified atom stereocenters. The van der Waals surface area contributed by atoms with E-state index in [1.54, 1.807) is 0 Å². The minimum atomic E-state index is -0.816. The molecule has 1 fully saturated rings. The molecular formula is C14H16ClF2NO. The normalized spacial score (nSPS) is 23.3. The lowest BCUT2D eigenvalue weighted by molar-refractivity contribution is 0.347. The monoisotopic (exact) mass is 287 g/mol. The second kappa shape index (κ2) is 5.47. The summed E-state index contributed by atoms with van der Waals surface area (Å²) in [6.07, 6.45) is 2.34. The molecule has 2 heterocycles. The third kappa shape index (κ3) is 2.35. The predicted octanol–water partition coefficient (Wildman–Crippen LogP) is 3.85. The van der Waals surface area contributed by atoms with Crippen molar-refractivity contribution in [3.05, 3.63) is 35.6 Å². The molecule has 1 aliphatic rings. The minimum absolute atomic E-state index is 0. The van der Waals surface area contributed by atoms with E-state index in [0.717, 1.165) is 25.1 Å². The maximum Gasteiger partial charge on any atom is 0.169 e. The first-order valence-corrected chi connectivity index (χ1v) is 6.24. The van der Waals surface area contributed by atoms with E-state index in [1.165, 1.54) is 18.4 Å². The van der Waals surface area contributed by atoms with E-state index in [0.29, 0.717) is 11.5 Å². The van der Waals surface area contributed by atoms with Gasteiger partial charge in [-0.05, 0) is 43.5 Å². The molecular weight excluding hydrogens is 272 g/mol. The van der Waals surface area contributed by atoms with Gasteiger partial charge in [-0.1, -0.05) is 6.92 Å². The molecule has 1 aromatic heterocycles. The van der Waals surface area contributed by atoms with E-state index in [4.69, 9.17) is 4.42 Å². The average Bonchev–Trinajstić information content (AvgIpc) is 2.84. The Bertz CT molecular complexity index is 584. The summed E-state index contributed by atoms with van der Waals surface area (Å²) in [7, 11) is 0. The lowest BCUT2D eigenvalue weighted by Gasteiger charge is -2.29. The molecule has 0 amide bonds. The highest BCUT2D eigenvalue weighted by Gasteiger charge is 2.27. The molecule has 104 valence electrons. The number of fused-ring (bicyclic) bond motifs is 1. The standard InChI is InChI=1S/C14H15F2NO.ClH/c1-8-7-17-4-2-9(8)11-6-12(15)13(16)10-3-5-18-14(10)11;/h3,5-6,8-9,17H,2,4,7H2,1H3;1H/t8-,9-;/m0./s1. The molecule has 3 rings (SSSR count). The maximum atomic E-state index is 13.6. The molecule has 2 atom stereocenters. The molecule has 1 N–H and O–H groups in total. The van der Waals surface area contributed by atoms with Crippen LogP contribution in [-0.2, 0) is 0 Å². The van der Waals surface area contributed by atoms with Crippen molar-refractivity contribution in [2.24, 2.45) is 5.92 Å². The van der Waals surface area contributed by atoms with Gasteiger partial charge in [0.2, 0.25) is 0 Å². The highest BCUT2D eigenvalue weighted by Crippen LogP contribution is 2.36. The molecule has 0 saturated carbocycles. The molecule has 1 aromatic carbocycles. The van der Waals surface area contributed by atoms with Crippen LogP contribution in [0.1, 0.15) is 24.8 Å². The van der Waals surface area contributed by atoms with Crippen LogP contribution < -0.4 is 5.32 Å². The summed E-state index contributed by atoms with van der Waals surface area (Å²) >= 11 is 0. The lowest BCUT2D eigenvalue weighted by atomic mass is 9.81. The van der Waals surface area contributed by atoms with Crippen molar-refractivity contribution < 1.29 is 13.2 Å². The van der Waals surface area contributed by atoms with Gasteiger partial charge in [0.05, 0.1) is 11.6 Å². The third-order valence-corrected chi connectivity index (χ3v) is 3.84. The average molecular weight is 288 g/mol. The molecule has 0 bridgehead atoms. The number of rotatable bonds is 1. The van der Waals surface area contributed by atoms with Crippen molar-refractivity contribution in [3.63, 3.8) is 0 Å².